The smallest absolute Gasteiger partial charge is 0.279 e. The summed E-state index contributed by atoms with van der Waals surface area (Å²) in [6, 6.07) is -0.0754. The molecule has 0 bridgehead atoms. The summed E-state index contributed by atoms with van der Waals surface area (Å²) in [5, 5.41) is 0. The van der Waals surface area contributed by atoms with E-state index in [1.165, 1.54) is 4.31 Å². The van der Waals surface area contributed by atoms with Gasteiger partial charge in [-0.2, -0.15) is 17.4 Å². The maximum atomic E-state index is 12.1. The molecule has 0 aromatic heterocycles. The maximum absolute atomic E-state index is 12.1. The van der Waals surface area contributed by atoms with Gasteiger partial charge < -0.3 is 5.73 Å². The third-order valence-corrected chi connectivity index (χ3v) is 4.72. The molecule has 17 heavy (non-hydrogen) atoms. The number of nitrogens with zero attached hydrogens (tertiary/aromatic N) is 1. The fraction of sp³-hybridized carbons (Fsp3) is 1.00. The summed E-state index contributed by atoms with van der Waals surface area (Å²) in [6.07, 6.45) is 0.717. The first-order valence-corrected chi connectivity index (χ1v) is 7.45. The lowest BCUT2D eigenvalue weighted by atomic mass is 9.92. The molecule has 0 aliphatic carbocycles. The van der Waals surface area contributed by atoms with Crippen LogP contribution in [0.25, 0.3) is 0 Å². The molecule has 0 aliphatic rings. The first kappa shape index (κ1) is 16.8. The van der Waals surface area contributed by atoms with Crippen LogP contribution in [0.3, 0.4) is 0 Å². The van der Waals surface area contributed by atoms with E-state index in [2.05, 4.69) is 4.72 Å². The minimum Gasteiger partial charge on any atom is -0.329 e. The molecule has 0 aromatic rings. The standard InChI is InChI=1S/C11H27N3O2S/c1-9(2)7-11(5,8-12)13-17(15,16)14(6)10(3)4/h9-10,13H,7-8,12H2,1-6H3. The molecule has 0 amide bonds. The van der Waals surface area contributed by atoms with Crippen LogP contribution >= 0.6 is 0 Å². The van der Waals surface area contributed by atoms with E-state index in [4.69, 9.17) is 5.73 Å². The zero-order valence-electron chi connectivity index (χ0n) is 11.8. The summed E-state index contributed by atoms with van der Waals surface area (Å²) >= 11 is 0. The summed E-state index contributed by atoms with van der Waals surface area (Å²) in [5.41, 5.74) is 5.11. The monoisotopic (exact) mass is 265 g/mol. The van der Waals surface area contributed by atoms with Gasteiger partial charge in [0.15, 0.2) is 0 Å². The van der Waals surface area contributed by atoms with E-state index >= 15 is 0 Å². The molecule has 0 heterocycles. The summed E-state index contributed by atoms with van der Waals surface area (Å²) in [5.74, 6) is 0.385. The van der Waals surface area contributed by atoms with Gasteiger partial charge in [0.25, 0.3) is 10.2 Å². The molecule has 104 valence electrons. The highest BCUT2D eigenvalue weighted by Crippen LogP contribution is 2.17. The Kier molecular flexibility index (Phi) is 6.07. The summed E-state index contributed by atoms with van der Waals surface area (Å²) in [7, 11) is -1.90. The zero-order valence-corrected chi connectivity index (χ0v) is 12.6. The van der Waals surface area contributed by atoms with E-state index in [1.54, 1.807) is 7.05 Å². The maximum Gasteiger partial charge on any atom is 0.279 e. The van der Waals surface area contributed by atoms with Gasteiger partial charge >= 0.3 is 0 Å². The van der Waals surface area contributed by atoms with Crippen molar-refractivity contribution in [3.05, 3.63) is 0 Å². The lowest BCUT2D eigenvalue weighted by Gasteiger charge is -2.33. The van der Waals surface area contributed by atoms with Crippen LogP contribution in [0.4, 0.5) is 0 Å². The van der Waals surface area contributed by atoms with Crippen molar-refractivity contribution in [2.45, 2.75) is 52.6 Å². The van der Waals surface area contributed by atoms with Crippen molar-refractivity contribution in [3.8, 4) is 0 Å². The molecule has 0 rings (SSSR count). The van der Waals surface area contributed by atoms with E-state index in [-0.39, 0.29) is 12.6 Å². The second kappa shape index (κ2) is 6.13. The average Bonchev–Trinajstić information content (AvgIpc) is 2.14. The molecule has 0 aliphatic heterocycles. The average molecular weight is 265 g/mol. The van der Waals surface area contributed by atoms with Gasteiger partial charge in [-0.1, -0.05) is 13.8 Å². The Labute approximate surface area is 106 Å². The molecule has 0 aromatic carbocycles. The highest BCUT2D eigenvalue weighted by atomic mass is 32.2. The van der Waals surface area contributed by atoms with Crippen LogP contribution < -0.4 is 10.5 Å². The van der Waals surface area contributed by atoms with Crippen molar-refractivity contribution >= 4 is 10.2 Å². The predicted molar refractivity (Wildman–Crippen MR) is 71.9 cm³/mol. The Morgan fingerprint density at radius 2 is 1.76 bits per heavy atom. The highest BCUT2D eigenvalue weighted by Gasteiger charge is 2.32. The molecule has 0 saturated heterocycles. The zero-order chi connectivity index (χ0) is 13.9. The van der Waals surface area contributed by atoms with Crippen molar-refractivity contribution in [2.24, 2.45) is 11.7 Å². The van der Waals surface area contributed by atoms with Crippen molar-refractivity contribution in [3.63, 3.8) is 0 Å². The van der Waals surface area contributed by atoms with Gasteiger partial charge in [0, 0.05) is 25.2 Å². The largest absolute Gasteiger partial charge is 0.329 e. The van der Waals surface area contributed by atoms with Crippen molar-refractivity contribution in [2.75, 3.05) is 13.6 Å². The molecule has 0 radical (unpaired) electrons. The molecule has 0 fully saturated rings. The minimum atomic E-state index is -3.47. The quantitative estimate of drug-likeness (QED) is 0.719. The molecular formula is C11H27N3O2S. The fourth-order valence-corrected chi connectivity index (χ4v) is 3.22. The van der Waals surface area contributed by atoms with E-state index in [1.807, 2.05) is 34.6 Å². The van der Waals surface area contributed by atoms with Gasteiger partial charge in [0.2, 0.25) is 0 Å². The van der Waals surface area contributed by atoms with E-state index in [0.29, 0.717) is 12.3 Å². The first-order chi connectivity index (χ1) is 7.54. The summed E-state index contributed by atoms with van der Waals surface area (Å²) in [4.78, 5) is 0. The van der Waals surface area contributed by atoms with Crippen LogP contribution in [-0.2, 0) is 10.2 Å². The molecular weight excluding hydrogens is 238 g/mol. The number of nitrogens with one attached hydrogen (secondary N) is 1. The second-order valence-electron chi connectivity index (χ2n) is 5.58. The number of hydrogen-bond donors (Lipinski definition) is 2. The molecule has 6 heteroatoms. The van der Waals surface area contributed by atoms with Gasteiger partial charge in [-0.25, -0.2) is 0 Å². The third kappa shape index (κ3) is 5.33. The van der Waals surface area contributed by atoms with Gasteiger partial charge in [0.1, 0.15) is 0 Å². The van der Waals surface area contributed by atoms with Crippen molar-refractivity contribution in [1.29, 1.82) is 0 Å². The number of nitrogens with two attached hydrogens (primary N) is 1. The van der Waals surface area contributed by atoms with Crippen LogP contribution in [0.2, 0.25) is 0 Å². The third-order valence-electron chi connectivity index (χ3n) is 2.79. The molecule has 0 saturated carbocycles. The Morgan fingerprint density at radius 1 is 1.29 bits per heavy atom. The van der Waals surface area contributed by atoms with Crippen LogP contribution in [-0.4, -0.2) is 37.9 Å². The fourth-order valence-electron chi connectivity index (χ4n) is 1.73. The van der Waals surface area contributed by atoms with E-state index in [9.17, 15) is 8.42 Å². The molecule has 3 N–H and O–H groups in total. The Morgan fingerprint density at radius 3 is 2.06 bits per heavy atom. The lowest BCUT2D eigenvalue weighted by Crippen LogP contribution is -2.56. The molecule has 1 atom stereocenters. The minimum absolute atomic E-state index is 0.0754. The topological polar surface area (TPSA) is 75.4 Å². The first-order valence-electron chi connectivity index (χ1n) is 6.01. The molecule has 0 spiro atoms. The summed E-state index contributed by atoms with van der Waals surface area (Å²) in [6.45, 7) is 9.90. The Bertz CT molecular complexity index is 328. The van der Waals surface area contributed by atoms with Gasteiger partial charge in [-0.15, -0.1) is 0 Å². The van der Waals surface area contributed by atoms with Crippen LogP contribution in [0.5, 0.6) is 0 Å². The molecule has 5 nitrogen and oxygen atoms in total. The van der Waals surface area contributed by atoms with Gasteiger partial charge in [-0.3, -0.25) is 0 Å². The lowest BCUT2D eigenvalue weighted by molar-refractivity contribution is 0.324. The van der Waals surface area contributed by atoms with Crippen LogP contribution in [0, 0.1) is 5.92 Å². The second-order valence-corrected chi connectivity index (χ2v) is 7.31. The van der Waals surface area contributed by atoms with Gasteiger partial charge in [-0.05, 0) is 33.1 Å². The Hall–Kier alpha value is -0.170. The number of hydrogen-bond acceptors (Lipinski definition) is 3. The molecule has 1 unspecified atom stereocenters. The van der Waals surface area contributed by atoms with Gasteiger partial charge in [0.05, 0.1) is 0 Å². The van der Waals surface area contributed by atoms with E-state index in [0.717, 1.165) is 0 Å². The Balaban J connectivity index is 4.89. The van der Waals surface area contributed by atoms with Crippen molar-refractivity contribution in [1.82, 2.24) is 9.03 Å². The highest BCUT2D eigenvalue weighted by molar-refractivity contribution is 7.87. The van der Waals surface area contributed by atoms with E-state index < -0.39 is 15.7 Å². The summed E-state index contributed by atoms with van der Waals surface area (Å²) < 4.78 is 28.2. The normalized spacial score (nSPS) is 16.8. The predicted octanol–water partition coefficient (Wildman–Crippen LogP) is 0.925. The number of rotatable bonds is 7. The van der Waals surface area contributed by atoms with Crippen LogP contribution in [0.15, 0.2) is 0 Å². The SMILES string of the molecule is CC(C)CC(C)(CN)NS(=O)(=O)N(C)C(C)C. The van der Waals surface area contributed by atoms with Crippen LogP contribution in [0.1, 0.15) is 41.0 Å². The van der Waals surface area contributed by atoms with Crippen molar-refractivity contribution < 1.29 is 8.42 Å².